The fourth-order valence-electron chi connectivity index (χ4n) is 0.248. The van der Waals surface area contributed by atoms with Crippen LogP contribution < -0.4 is 0 Å². The van der Waals surface area contributed by atoms with Gasteiger partial charge in [-0.25, -0.2) is 4.99 Å². The standard InChI is InChI=1S/C5H8N2OS/c1-7(9)4-2-3-6-5-8/h2-5,9H,1H3/b4-2-,6-3?. The number of aliphatic imine (C=N–C) groups is 1. The maximum atomic E-state index is 9.59. The molecule has 0 aliphatic rings. The van der Waals surface area contributed by atoms with Crippen LogP contribution in [0.3, 0.4) is 0 Å². The van der Waals surface area contributed by atoms with E-state index in [4.69, 9.17) is 0 Å². The summed E-state index contributed by atoms with van der Waals surface area (Å²) in [7, 11) is 1.76. The monoisotopic (exact) mass is 144 g/mol. The molecule has 0 aliphatic heterocycles. The summed E-state index contributed by atoms with van der Waals surface area (Å²) < 4.78 is 1.55. The van der Waals surface area contributed by atoms with Crippen molar-refractivity contribution in [1.29, 1.82) is 0 Å². The van der Waals surface area contributed by atoms with Gasteiger partial charge in [0.25, 0.3) is 0 Å². The number of nitrogens with zero attached hydrogens (tertiary/aromatic N) is 2. The van der Waals surface area contributed by atoms with E-state index in [0.29, 0.717) is 6.41 Å². The number of allylic oxidation sites excluding steroid dienone is 1. The highest BCUT2D eigenvalue weighted by atomic mass is 32.1. The number of thiol groups is 1. The van der Waals surface area contributed by atoms with E-state index in [1.54, 1.807) is 23.6 Å². The molecule has 0 aliphatic carbocycles. The first-order valence-electron chi connectivity index (χ1n) is 2.32. The summed E-state index contributed by atoms with van der Waals surface area (Å²) >= 11 is 3.90. The predicted molar refractivity (Wildman–Crippen MR) is 40.4 cm³/mol. The molecule has 0 aromatic rings. The summed E-state index contributed by atoms with van der Waals surface area (Å²) in [4.78, 5) is 12.9. The van der Waals surface area contributed by atoms with Crippen molar-refractivity contribution in [2.24, 2.45) is 4.99 Å². The average Bonchev–Trinajstić information content (AvgIpc) is 1.80. The molecule has 0 aromatic carbocycles. The maximum absolute atomic E-state index is 9.59. The van der Waals surface area contributed by atoms with Crippen molar-refractivity contribution in [2.45, 2.75) is 0 Å². The van der Waals surface area contributed by atoms with Crippen molar-refractivity contribution in [3.8, 4) is 0 Å². The minimum absolute atomic E-state index is 0.475. The lowest BCUT2D eigenvalue weighted by atomic mass is 10.6. The van der Waals surface area contributed by atoms with Gasteiger partial charge >= 0.3 is 0 Å². The van der Waals surface area contributed by atoms with Gasteiger partial charge in [-0.2, -0.15) is 0 Å². The molecule has 0 aromatic heterocycles. The van der Waals surface area contributed by atoms with Crippen LogP contribution in [0.25, 0.3) is 0 Å². The Labute approximate surface area is 59.6 Å². The molecule has 0 unspecified atom stereocenters. The lowest BCUT2D eigenvalue weighted by Crippen LogP contribution is -1.90. The second kappa shape index (κ2) is 5.37. The Kier molecular flexibility index (Phi) is 4.91. The van der Waals surface area contributed by atoms with Crippen molar-refractivity contribution in [1.82, 2.24) is 4.31 Å². The van der Waals surface area contributed by atoms with E-state index in [2.05, 4.69) is 17.8 Å². The zero-order chi connectivity index (χ0) is 7.11. The molecule has 0 radical (unpaired) electrons. The normalized spacial score (nSPS) is 10.9. The Morgan fingerprint density at radius 3 is 2.78 bits per heavy atom. The third-order valence-electron chi connectivity index (χ3n) is 0.535. The second-order valence-electron chi connectivity index (χ2n) is 1.32. The summed E-state index contributed by atoms with van der Waals surface area (Å²) in [6, 6.07) is 0. The first kappa shape index (κ1) is 8.23. The Morgan fingerprint density at radius 1 is 1.67 bits per heavy atom. The molecule has 4 heteroatoms. The highest BCUT2D eigenvalue weighted by molar-refractivity contribution is 7.77. The Balaban J connectivity index is 3.46. The molecular weight excluding hydrogens is 136 g/mol. The molecule has 0 spiro atoms. The zero-order valence-electron chi connectivity index (χ0n) is 5.06. The van der Waals surface area contributed by atoms with Crippen molar-refractivity contribution in [2.75, 3.05) is 7.05 Å². The first-order chi connectivity index (χ1) is 4.27. The van der Waals surface area contributed by atoms with Crippen LogP contribution in [0.15, 0.2) is 17.3 Å². The number of hydrogen-bond acceptors (Lipinski definition) is 3. The molecule has 0 saturated heterocycles. The van der Waals surface area contributed by atoms with Gasteiger partial charge in [0.15, 0.2) is 0 Å². The molecule has 0 heterocycles. The van der Waals surface area contributed by atoms with Gasteiger partial charge in [-0.3, -0.25) is 4.79 Å². The van der Waals surface area contributed by atoms with Gasteiger partial charge in [-0.05, 0) is 6.08 Å². The van der Waals surface area contributed by atoms with Crippen LogP contribution in [-0.2, 0) is 4.79 Å². The fraction of sp³-hybridized carbons (Fsp3) is 0.200. The van der Waals surface area contributed by atoms with E-state index in [1.807, 2.05) is 0 Å². The predicted octanol–water partition coefficient (Wildman–Crippen LogP) is 0.504. The Morgan fingerprint density at radius 2 is 2.33 bits per heavy atom. The first-order valence-corrected chi connectivity index (χ1v) is 2.72. The van der Waals surface area contributed by atoms with E-state index in [-0.39, 0.29) is 0 Å². The molecule has 0 atom stereocenters. The van der Waals surface area contributed by atoms with Gasteiger partial charge in [0.1, 0.15) is 0 Å². The van der Waals surface area contributed by atoms with Crippen LogP contribution in [0.5, 0.6) is 0 Å². The number of amides is 1. The average molecular weight is 144 g/mol. The van der Waals surface area contributed by atoms with E-state index in [1.165, 1.54) is 6.21 Å². The minimum atomic E-state index is 0.475. The molecule has 0 N–H and O–H groups in total. The van der Waals surface area contributed by atoms with Crippen molar-refractivity contribution >= 4 is 25.4 Å². The molecule has 1 amide bonds. The number of hydrogen-bond donors (Lipinski definition) is 1. The molecular formula is C5H8N2OS. The molecule has 0 fully saturated rings. The van der Waals surface area contributed by atoms with Crippen LogP contribution in [0.4, 0.5) is 0 Å². The van der Waals surface area contributed by atoms with Crippen LogP contribution in [0, 0.1) is 0 Å². The number of carbonyl (C=O) groups is 1. The van der Waals surface area contributed by atoms with Crippen molar-refractivity contribution in [3.63, 3.8) is 0 Å². The quantitative estimate of drug-likeness (QED) is 0.355. The molecule has 9 heavy (non-hydrogen) atoms. The lowest BCUT2D eigenvalue weighted by Gasteiger charge is -1.97. The topological polar surface area (TPSA) is 32.7 Å². The lowest BCUT2D eigenvalue weighted by molar-refractivity contribution is -0.106. The largest absolute Gasteiger partial charge is 0.329 e. The van der Waals surface area contributed by atoms with Gasteiger partial charge in [0, 0.05) is 19.5 Å². The van der Waals surface area contributed by atoms with Gasteiger partial charge in [0.05, 0.1) is 0 Å². The van der Waals surface area contributed by atoms with E-state index in [0.717, 1.165) is 0 Å². The van der Waals surface area contributed by atoms with Crippen LogP contribution >= 0.6 is 12.8 Å². The van der Waals surface area contributed by atoms with Gasteiger partial charge in [-0.15, -0.1) is 0 Å². The fourth-order valence-corrected chi connectivity index (χ4v) is 0.325. The Hall–Kier alpha value is -0.770. The molecule has 0 rings (SSSR count). The smallest absolute Gasteiger partial charge is 0.232 e. The highest BCUT2D eigenvalue weighted by Crippen LogP contribution is 1.84. The van der Waals surface area contributed by atoms with Gasteiger partial charge in [-0.1, -0.05) is 12.8 Å². The Bertz CT molecular complexity index is 131. The van der Waals surface area contributed by atoms with E-state index in [9.17, 15) is 4.79 Å². The molecule has 3 nitrogen and oxygen atoms in total. The van der Waals surface area contributed by atoms with Crippen LogP contribution in [0.1, 0.15) is 0 Å². The SMILES string of the molecule is CN(S)/C=C\C=NC=O. The molecule has 0 bridgehead atoms. The van der Waals surface area contributed by atoms with E-state index < -0.39 is 0 Å². The molecule has 50 valence electrons. The third kappa shape index (κ3) is 7.23. The van der Waals surface area contributed by atoms with Crippen molar-refractivity contribution in [3.05, 3.63) is 12.3 Å². The van der Waals surface area contributed by atoms with Crippen LogP contribution in [0.2, 0.25) is 0 Å². The van der Waals surface area contributed by atoms with Crippen molar-refractivity contribution < 1.29 is 4.79 Å². The molecule has 0 saturated carbocycles. The minimum Gasteiger partial charge on any atom is -0.329 e. The summed E-state index contributed by atoms with van der Waals surface area (Å²) in [5.41, 5.74) is 0. The second-order valence-corrected chi connectivity index (χ2v) is 1.95. The summed E-state index contributed by atoms with van der Waals surface area (Å²) in [6.07, 6.45) is 5.14. The maximum Gasteiger partial charge on any atom is 0.232 e. The van der Waals surface area contributed by atoms with E-state index >= 15 is 0 Å². The highest BCUT2D eigenvalue weighted by Gasteiger charge is 1.71. The third-order valence-corrected chi connectivity index (χ3v) is 0.668. The van der Waals surface area contributed by atoms with Gasteiger partial charge in [0.2, 0.25) is 6.41 Å². The zero-order valence-corrected chi connectivity index (χ0v) is 5.95. The van der Waals surface area contributed by atoms with Crippen LogP contribution in [-0.4, -0.2) is 24.0 Å². The summed E-state index contributed by atoms with van der Waals surface area (Å²) in [5, 5.41) is 0. The summed E-state index contributed by atoms with van der Waals surface area (Å²) in [6.45, 7) is 0. The number of rotatable bonds is 3. The summed E-state index contributed by atoms with van der Waals surface area (Å²) in [5.74, 6) is 0. The number of carbonyl (C=O) groups excluding carboxylic acids is 1. The van der Waals surface area contributed by atoms with Gasteiger partial charge < -0.3 is 4.31 Å².